The largest absolute Gasteiger partial charge is 0.494 e. The summed E-state index contributed by atoms with van der Waals surface area (Å²) in [7, 11) is 0. The van der Waals surface area contributed by atoms with Crippen LogP contribution >= 0.6 is 11.3 Å². The van der Waals surface area contributed by atoms with Gasteiger partial charge in [0, 0.05) is 24.0 Å². The van der Waals surface area contributed by atoms with Gasteiger partial charge in [-0.15, -0.1) is 11.3 Å². The molecule has 2 aromatic rings. The third-order valence-electron chi connectivity index (χ3n) is 3.63. The van der Waals surface area contributed by atoms with Crippen molar-refractivity contribution in [2.24, 2.45) is 0 Å². The van der Waals surface area contributed by atoms with Gasteiger partial charge in [0.15, 0.2) is 5.13 Å². The zero-order chi connectivity index (χ0) is 16.9. The Morgan fingerprint density at radius 2 is 2.17 bits per heavy atom. The fourth-order valence-electron chi connectivity index (χ4n) is 2.52. The van der Waals surface area contributed by atoms with Crippen LogP contribution in [0.3, 0.4) is 0 Å². The van der Waals surface area contributed by atoms with Gasteiger partial charge in [-0.1, -0.05) is 0 Å². The lowest BCUT2D eigenvalue weighted by Gasteiger charge is -2.10. The number of aromatic nitrogens is 1. The Balaban J connectivity index is 1.57. The summed E-state index contributed by atoms with van der Waals surface area (Å²) in [6.45, 7) is 3.25. The third-order valence-corrected chi connectivity index (χ3v) is 4.55. The molecule has 1 aromatic carbocycles. The molecule has 1 fully saturated rings. The maximum absolute atomic E-state index is 12.1. The average molecular weight is 345 g/mol. The Morgan fingerprint density at radius 1 is 1.38 bits per heavy atom. The molecule has 126 valence electrons. The minimum Gasteiger partial charge on any atom is -0.494 e. The van der Waals surface area contributed by atoms with Crippen molar-refractivity contribution in [3.63, 3.8) is 0 Å². The van der Waals surface area contributed by atoms with Gasteiger partial charge in [0.1, 0.15) is 5.75 Å². The molecular weight excluding hydrogens is 326 g/mol. The molecule has 2 amide bonds. The van der Waals surface area contributed by atoms with Crippen LogP contribution in [0.2, 0.25) is 0 Å². The molecule has 1 aromatic heterocycles. The van der Waals surface area contributed by atoms with Gasteiger partial charge < -0.3 is 10.1 Å². The highest BCUT2D eigenvalue weighted by Crippen LogP contribution is 2.25. The number of carbonyl (C=O) groups excluding carboxylic acids is 2. The number of rotatable bonds is 6. The molecule has 24 heavy (non-hydrogen) atoms. The van der Waals surface area contributed by atoms with E-state index in [0.29, 0.717) is 36.1 Å². The first-order valence-corrected chi connectivity index (χ1v) is 8.81. The molecule has 1 saturated heterocycles. The normalized spacial score (nSPS) is 14.0. The van der Waals surface area contributed by atoms with Crippen molar-refractivity contribution >= 4 is 34.0 Å². The Labute approximate surface area is 144 Å². The maximum atomic E-state index is 12.1. The Bertz CT molecular complexity index is 727. The number of amides is 2. The summed E-state index contributed by atoms with van der Waals surface area (Å²) in [6, 6.07) is 7.24. The van der Waals surface area contributed by atoms with Crippen LogP contribution in [0.4, 0.5) is 10.8 Å². The number of anilines is 2. The summed E-state index contributed by atoms with van der Waals surface area (Å²) in [5, 5.41) is 5.35. The number of nitrogens with zero attached hydrogens (tertiary/aromatic N) is 2. The van der Waals surface area contributed by atoms with Crippen LogP contribution in [0.25, 0.3) is 0 Å². The smallest absolute Gasteiger partial charge is 0.230 e. The van der Waals surface area contributed by atoms with Crippen molar-refractivity contribution in [3.8, 4) is 5.75 Å². The summed E-state index contributed by atoms with van der Waals surface area (Å²) < 4.78 is 5.37. The van der Waals surface area contributed by atoms with Crippen molar-refractivity contribution in [2.75, 3.05) is 23.4 Å². The fraction of sp³-hybridized carbons (Fsp3) is 0.353. The predicted octanol–water partition coefficient (Wildman–Crippen LogP) is 2.85. The van der Waals surface area contributed by atoms with Gasteiger partial charge in [0.05, 0.1) is 18.7 Å². The number of hydrogen-bond donors (Lipinski definition) is 1. The molecule has 1 aliphatic rings. The van der Waals surface area contributed by atoms with Crippen LogP contribution in [-0.4, -0.2) is 29.9 Å². The van der Waals surface area contributed by atoms with E-state index in [4.69, 9.17) is 4.74 Å². The number of nitrogens with one attached hydrogen (secondary N) is 1. The van der Waals surface area contributed by atoms with Crippen LogP contribution in [0.15, 0.2) is 29.6 Å². The second-order valence-corrected chi connectivity index (χ2v) is 6.29. The van der Waals surface area contributed by atoms with E-state index in [9.17, 15) is 9.59 Å². The SMILES string of the molecule is CCOc1ccc(NC(=O)Cc2csc(N3CCCC3=O)n2)cc1. The van der Waals surface area contributed by atoms with Gasteiger partial charge in [0.2, 0.25) is 11.8 Å². The molecule has 2 heterocycles. The zero-order valence-corrected chi connectivity index (χ0v) is 14.3. The summed E-state index contributed by atoms with van der Waals surface area (Å²) in [6.07, 6.45) is 1.63. The average Bonchev–Trinajstić information content (AvgIpc) is 3.18. The highest BCUT2D eigenvalue weighted by atomic mass is 32.1. The third kappa shape index (κ3) is 3.91. The minimum atomic E-state index is -0.135. The summed E-state index contributed by atoms with van der Waals surface area (Å²) in [5.74, 6) is 0.744. The Hall–Kier alpha value is -2.41. The lowest BCUT2D eigenvalue weighted by atomic mass is 10.2. The first kappa shape index (κ1) is 16.4. The molecular formula is C17H19N3O3S. The van der Waals surface area contributed by atoms with Gasteiger partial charge in [-0.3, -0.25) is 14.5 Å². The zero-order valence-electron chi connectivity index (χ0n) is 13.4. The van der Waals surface area contributed by atoms with Crippen molar-refractivity contribution in [3.05, 3.63) is 35.3 Å². The Kier molecular flexibility index (Phi) is 5.10. The molecule has 6 nitrogen and oxygen atoms in total. The second-order valence-electron chi connectivity index (χ2n) is 5.45. The van der Waals surface area contributed by atoms with E-state index >= 15 is 0 Å². The van der Waals surface area contributed by atoms with E-state index in [2.05, 4.69) is 10.3 Å². The topological polar surface area (TPSA) is 71.5 Å². The fourth-order valence-corrected chi connectivity index (χ4v) is 3.39. The van der Waals surface area contributed by atoms with Crippen LogP contribution in [-0.2, 0) is 16.0 Å². The van der Waals surface area contributed by atoms with Crippen LogP contribution in [0.1, 0.15) is 25.5 Å². The van der Waals surface area contributed by atoms with E-state index in [0.717, 1.165) is 12.2 Å². The molecule has 0 atom stereocenters. The molecule has 0 spiro atoms. The standard InChI is InChI=1S/C17H19N3O3S/c1-2-23-14-7-5-12(6-8-14)18-15(21)10-13-11-24-17(19-13)20-9-3-4-16(20)22/h5-8,11H,2-4,9-10H2,1H3,(H,18,21). The molecule has 0 radical (unpaired) electrons. The first-order chi connectivity index (χ1) is 11.7. The molecule has 1 N–H and O–H groups in total. The van der Waals surface area contributed by atoms with E-state index in [-0.39, 0.29) is 18.2 Å². The number of ether oxygens (including phenoxy) is 1. The van der Waals surface area contributed by atoms with Crippen molar-refractivity contribution in [2.45, 2.75) is 26.2 Å². The number of benzene rings is 1. The van der Waals surface area contributed by atoms with Crippen molar-refractivity contribution in [1.29, 1.82) is 0 Å². The lowest BCUT2D eigenvalue weighted by Crippen LogP contribution is -2.23. The molecule has 0 saturated carbocycles. The molecule has 0 unspecified atom stereocenters. The predicted molar refractivity (Wildman–Crippen MR) is 93.6 cm³/mol. The lowest BCUT2D eigenvalue weighted by molar-refractivity contribution is -0.117. The van der Waals surface area contributed by atoms with Gasteiger partial charge in [0.25, 0.3) is 0 Å². The maximum Gasteiger partial charge on any atom is 0.230 e. The molecule has 0 bridgehead atoms. The molecule has 1 aliphatic heterocycles. The Morgan fingerprint density at radius 3 is 2.83 bits per heavy atom. The first-order valence-electron chi connectivity index (χ1n) is 7.93. The van der Waals surface area contributed by atoms with Crippen LogP contribution < -0.4 is 15.0 Å². The van der Waals surface area contributed by atoms with Crippen LogP contribution in [0, 0.1) is 0 Å². The molecule has 7 heteroatoms. The minimum absolute atomic E-state index is 0.106. The van der Waals surface area contributed by atoms with Gasteiger partial charge in [-0.2, -0.15) is 0 Å². The van der Waals surface area contributed by atoms with Crippen molar-refractivity contribution < 1.29 is 14.3 Å². The quantitative estimate of drug-likeness (QED) is 0.874. The summed E-state index contributed by atoms with van der Waals surface area (Å²) in [5.41, 5.74) is 1.40. The number of carbonyl (C=O) groups is 2. The molecule has 0 aliphatic carbocycles. The van der Waals surface area contributed by atoms with E-state index in [1.54, 1.807) is 17.0 Å². The van der Waals surface area contributed by atoms with E-state index in [1.165, 1.54) is 11.3 Å². The van der Waals surface area contributed by atoms with Crippen LogP contribution in [0.5, 0.6) is 5.75 Å². The van der Waals surface area contributed by atoms with Gasteiger partial charge in [-0.05, 0) is 37.6 Å². The van der Waals surface area contributed by atoms with Crippen molar-refractivity contribution in [1.82, 2.24) is 4.98 Å². The van der Waals surface area contributed by atoms with Gasteiger partial charge >= 0.3 is 0 Å². The van der Waals surface area contributed by atoms with E-state index in [1.807, 2.05) is 24.4 Å². The number of thiazole rings is 1. The highest BCUT2D eigenvalue weighted by molar-refractivity contribution is 7.14. The van der Waals surface area contributed by atoms with E-state index < -0.39 is 0 Å². The molecule has 3 rings (SSSR count). The second kappa shape index (κ2) is 7.44. The highest BCUT2D eigenvalue weighted by Gasteiger charge is 2.24. The number of hydrogen-bond acceptors (Lipinski definition) is 5. The monoisotopic (exact) mass is 345 g/mol. The summed E-state index contributed by atoms with van der Waals surface area (Å²) >= 11 is 1.40. The summed E-state index contributed by atoms with van der Waals surface area (Å²) in [4.78, 5) is 30.0. The van der Waals surface area contributed by atoms with Gasteiger partial charge in [-0.25, -0.2) is 4.98 Å².